The number of rotatable bonds is 4. The third-order valence-corrected chi connectivity index (χ3v) is 4.88. The predicted molar refractivity (Wildman–Crippen MR) is 87.8 cm³/mol. The number of hydrogen-bond acceptors (Lipinski definition) is 2. The van der Waals surface area contributed by atoms with E-state index in [9.17, 15) is 4.79 Å². The minimum atomic E-state index is 0.176. The van der Waals surface area contributed by atoms with E-state index in [2.05, 4.69) is 29.3 Å². The van der Waals surface area contributed by atoms with Crippen LogP contribution in [0.25, 0.3) is 0 Å². The van der Waals surface area contributed by atoms with Gasteiger partial charge in [0.05, 0.1) is 0 Å². The van der Waals surface area contributed by atoms with Gasteiger partial charge in [-0.1, -0.05) is 12.8 Å². The monoisotopic (exact) mass is 286 g/mol. The van der Waals surface area contributed by atoms with Gasteiger partial charge in [-0.15, -0.1) is 0 Å². The molecule has 114 valence electrons. The molecule has 0 unspecified atom stereocenters. The Morgan fingerprint density at radius 1 is 1.19 bits per heavy atom. The number of amides is 1. The molecule has 0 aromatic heterocycles. The number of carbonyl (C=O) groups is 1. The molecular weight excluding hydrogens is 260 g/mol. The van der Waals surface area contributed by atoms with Crippen molar-refractivity contribution in [1.82, 2.24) is 0 Å². The molecule has 21 heavy (non-hydrogen) atoms. The Kier molecular flexibility index (Phi) is 4.47. The lowest BCUT2D eigenvalue weighted by Crippen LogP contribution is -2.19. The van der Waals surface area contributed by atoms with Crippen molar-refractivity contribution in [3.8, 4) is 0 Å². The van der Waals surface area contributed by atoms with Crippen molar-refractivity contribution in [3.05, 3.63) is 23.8 Å². The van der Waals surface area contributed by atoms with Gasteiger partial charge in [-0.25, -0.2) is 0 Å². The molecule has 1 aromatic carbocycles. The predicted octanol–water partition coefficient (Wildman–Crippen LogP) is 4.11. The summed E-state index contributed by atoms with van der Waals surface area (Å²) < 4.78 is 0. The van der Waals surface area contributed by atoms with Gasteiger partial charge < -0.3 is 10.2 Å². The van der Waals surface area contributed by atoms with E-state index in [1.807, 2.05) is 6.07 Å². The Morgan fingerprint density at radius 2 is 1.90 bits per heavy atom. The molecule has 1 aliphatic heterocycles. The Balaban J connectivity index is 1.60. The first-order valence-corrected chi connectivity index (χ1v) is 8.38. The molecule has 0 spiro atoms. The minimum Gasteiger partial charge on any atom is -0.371 e. The molecule has 0 bridgehead atoms. The summed E-state index contributed by atoms with van der Waals surface area (Å²) in [6.45, 7) is 4.46. The molecule has 1 saturated heterocycles. The van der Waals surface area contributed by atoms with Crippen LogP contribution >= 0.6 is 0 Å². The Labute approximate surface area is 127 Å². The van der Waals surface area contributed by atoms with E-state index in [1.165, 1.54) is 49.8 Å². The summed E-state index contributed by atoms with van der Waals surface area (Å²) in [5, 5.41) is 3.07. The first kappa shape index (κ1) is 14.4. The SMILES string of the molecule is Cc1cc(NC(=O)CC2CCCC2)ccc1N1CCCC1. The number of nitrogens with zero attached hydrogens (tertiary/aromatic N) is 1. The Hall–Kier alpha value is -1.51. The van der Waals surface area contributed by atoms with Gasteiger partial charge in [-0.3, -0.25) is 4.79 Å². The lowest BCUT2D eigenvalue weighted by molar-refractivity contribution is -0.117. The molecule has 1 aliphatic carbocycles. The van der Waals surface area contributed by atoms with Crippen LogP contribution in [-0.2, 0) is 4.79 Å². The fraction of sp³-hybridized carbons (Fsp3) is 0.611. The van der Waals surface area contributed by atoms with E-state index in [0.717, 1.165) is 18.8 Å². The quantitative estimate of drug-likeness (QED) is 0.903. The van der Waals surface area contributed by atoms with Crippen LogP contribution in [0.3, 0.4) is 0 Å². The van der Waals surface area contributed by atoms with E-state index in [1.54, 1.807) is 0 Å². The Morgan fingerprint density at radius 3 is 2.57 bits per heavy atom. The molecule has 3 rings (SSSR count). The fourth-order valence-electron chi connectivity index (χ4n) is 3.73. The van der Waals surface area contributed by atoms with Gasteiger partial charge in [-0.2, -0.15) is 0 Å². The maximum Gasteiger partial charge on any atom is 0.224 e. The second-order valence-corrected chi connectivity index (χ2v) is 6.60. The van der Waals surface area contributed by atoms with Crippen molar-refractivity contribution in [3.63, 3.8) is 0 Å². The molecule has 3 heteroatoms. The summed E-state index contributed by atoms with van der Waals surface area (Å²) in [5.41, 5.74) is 3.52. The van der Waals surface area contributed by atoms with Crippen molar-refractivity contribution < 1.29 is 4.79 Å². The van der Waals surface area contributed by atoms with Crippen LogP contribution in [0.1, 0.15) is 50.5 Å². The number of hydrogen-bond donors (Lipinski definition) is 1. The van der Waals surface area contributed by atoms with Crippen molar-refractivity contribution in [2.75, 3.05) is 23.3 Å². The van der Waals surface area contributed by atoms with Crippen LogP contribution in [-0.4, -0.2) is 19.0 Å². The first-order valence-electron chi connectivity index (χ1n) is 8.38. The molecule has 0 radical (unpaired) electrons. The topological polar surface area (TPSA) is 32.3 Å². The number of benzene rings is 1. The van der Waals surface area contributed by atoms with E-state index in [-0.39, 0.29) is 5.91 Å². The van der Waals surface area contributed by atoms with Crippen LogP contribution in [0.4, 0.5) is 11.4 Å². The third-order valence-electron chi connectivity index (χ3n) is 4.88. The lowest BCUT2D eigenvalue weighted by Gasteiger charge is -2.21. The maximum absolute atomic E-state index is 12.1. The smallest absolute Gasteiger partial charge is 0.224 e. The average Bonchev–Trinajstić information content (AvgIpc) is 3.11. The molecule has 3 nitrogen and oxygen atoms in total. The number of anilines is 2. The summed E-state index contributed by atoms with van der Waals surface area (Å²) in [6.07, 6.45) is 8.30. The van der Waals surface area contributed by atoms with E-state index in [0.29, 0.717) is 12.3 Å². The van der Waals surface area contributed by atoms with Crippen LogP contribution in [0.2, 0.25) is 0 Å². The van der Waals surface area contributed by atoms with Gasteiger partial charge in [0.2, 0.25) is 5.91 Å². The maximum atomic E-state index is 12.1. The van der Waals surface area contributed by atoms with Gasteiger partial charge in [0.25, 0.3) is 0 Å². The van der Waals surface area contributed by atoms with Gasteiger partial charge in [0, 0.05) is 30.9 Å². The number of nitrogens with one attached hydrogen (secondary N) is 1. The minimum absolute atomic E-state index is 0.176. The highest BCUT2D eigenvalue weighted by atomic mass is 16.1. The summed E-state index contributed by atoms with van der Waals surface area (Å²) >= 11 is 0. The molecule has 2 fully saturated rings. The van der Waals surface area contributed by atoms with Crippen molar-refractivity contribution in [1.29, 1.82) is 0 Å². The van der Waals surface area contributed by atoms with E-state index >= 15 is 0 Å². The third kappa shape index (κ3) is 3.58. The standard InChI is InChI=1S/C18H26N2O/c1-14-12-16(8-9-17(14)20-10-4-5-11-20)19-18(21)13-15-6-2-3-7-15/h8-9,12,15H,2-7,10-11,13H2,1H3,(H,19,21). The number of carbonyl (C=O) groups excluding carboxylic acids is 1. The highest BCUT2D eigenvalue weighted by Gasteiger charge is 2.19. The highest BCUT2D eigenvalue weighted by molar-refractivity contribution is 5.91. The fourth-order valence-corrected chi connectivity index (χ4v) is 3.73. The van der Waals surface area contributed by atoms with Gasteiger partial charge in [-0.05, 0) is 62.3 Å². The molecule has 1 heterocycles. The van der Waals surface area contributed by atoms with E-state index in [4.69, 9.17) is 0 Å². The largest absolute Gasteiger partial charge is 0.371 e. The number of aryl methyl sites for hydroxylation is 1. The molecule has 1 aromatic rings. The van der Waals surface area contributed by atoms with Gasteiger partial charge in [0.1, 0.15) is 0 Å². The summed E-state index contributed by atoms with van der Waals surface area (Å²) in [7, 11) is 0. The van der Waals surface area contributed by atoms with Crippen LogP contribution in [0.5, 0.6) is 0 Å². The zero-order chi connectivity index (χ0) is 14.7. The molecule has 1 N–H and O–H groups in total. The lowest BCUT2D eigenvalue weighted by atomic mass is 10.0. The van der Waals surface area contributed by atoms with Crippen molar-refractivity contribution in [2.45, 2.75) is 51.9 Å². The van der Waals surface area contributed by atoms with Crippen LogP contribution in [0.15, 0.2) is 18.2 Å². The normalized spacial score (nSPS) is 19.2. The summed E-state index contributed by atoms with van der Waals surface area (Å²) in [6, 6.07) is 6.32. The summed E-state index contributed by atoms with van der Waals surface area (Å²) in [4.78, 5) is 14.5. The van der Waals surface area contributed by atoms with Crippen molar-refractivity contribution in [2.24, 2.45) is 5.92 Å². The van der Waals surface area contributed by atoms with Crippen LogP contribution in [0, 0.1) is 12.8 Å². The molecular formula is C18H26N2O. The molecule has 0 atom stereocenters. The highest BCUT2D eigenvalue weighted by Crippen LogP contribution is 2.29. The second kappa shape index (κ2) is 6.50. The zero-order valence-corrected chi connectivity index (χ0v) is 13.0. The zero-order valence-electron chi connectivity index (χ0n) is 13.0. The van der Waals surface area contributed by atoms with E-state index < -0.39 is 0 Å². The van der Waals surface area contributed by atoms with Crippen molar-refractivity contribution >= 4 is 17.3 Å². The molecule has 2 aliphatic rings. The molecule has 1 amide bonds. The van der Waals surface area contributed by atoms with Gasteiger partial charge >= 0.3 is 0 Å². The second-order valence-electron chi connectivity index (χ2n) is 6.60. The van der Waals surface area contributed by atoms with Gasteiger partial charge in [0.15, 0.2) is 0 Å². The Bertz CT molecular complexity index is 500. The van der Waals surface area contributed by atoms with Crippen LogP contribution < -0.4 is 10.2 Å². The average molecular weight is 286 g/mol. The summed E-state index contributed by atoms with van der Waals surface area (Å²) in [5.74, 6) is 0.783. The molecule has 1 saturated carbocycles. The first-order chi connectivity index (χ1) is 10.2.